The molecule has 0 atom stereocenters. The number of hydrogen-bond acceptors (Lipinski definition) is 7. The predicted molar refractivity (Wildman–Crippen MR) is 125 cm³/mol. The summed E-state index contributed by atoms with van der Waals surface area (Å²) in [5.74, 6) is -2.59. The molecule has 0 saturated carbocycles. The van der Waals surface area contributed by atoms with E-state index in [1.807, 2.05) is 24.3 Å². The number of nitrogen functional groups attached to an aromatic ring is 1. The summed E-state index contributed by atoms with van der Waals surface area (Å²) in [7, 11) is -2.69. The van der Waals surface area contributed by atoms with E-state index >= 15 is 0 Å². The Morgan fingerprint density at radius 1 is 1.03 bits per heavy atom. The van der Waals surface area contributed by atoms with E-state index in [9.17, 15) is 13.6 Å². The van der Waals surface area contributed by atoms with Crippen molar-refractivity contribution < 1.29 is 27.9 Å². The Morgan fingerprint density at radius 2 is 1.71 bits per heavy atom. The Morgan fingerprint density at radius 3 is 2.40 bits per heavy atom. The molecule has 8 nitrogen and oxygen atoms in total. The Hall–Kier alpha value is -3.56. The molecule has 0 bridgehead atoms. The third kappa shape index (κ3) is 4.56. The molecule has 1 amide bonds. The molecular formula is C24H19F2N4O4P. The zero-order chi connectivity index (χ0) is 24.7. The number of fused-ring (bicyclic) bond motifs is 2. The molecule has 0 unspecified atom stereocenters. The van der Waals surface area contributed by atoms with E-state index in [0.29, 0.717) is 29.6 Å². The lowest BCUT2D eigenvalue weighted by Gasteiger charge is -2.17. The van der Waals surface area contributed by atoms with Crippen LogP contribution in [-0.2, 0) is 24.2 Å². The van der Waals surface area contributed by atoms with Crippen LogP contribution in [0.15, 0.2) is 54.6 Å². The third-order valence-electron chi connectivity index (χ3n) is 5.84. The van der Waals surface area contributed by atoms with Crippen molar-refractivity contribution in [2.75, 3.05) is 5.73 Å². The molecule has 2 heterocycles. The van der Waals surface area contributed by atoms with Gasteiger partial charge in [0.1, 0.15) is 5.69 Å². The molecule has 4 aromatic rings. The lowest BCUT2D eigenvalue weighted by Crippen LogP contribution is -2.27. The van der Waals surface area contributed by atoms with Crippen LogP contribution in [0.4, 0.5) is 14.7 Å². The van der Waals surface area contributed by atoms with Gasteiger partial charge in [0.25, 0.3) is 5.91 Å². The summed E-state index contributed by atoms with van der Waals surface area (Å²) < 4.78 is 32.9. The number of amides is 1. The molecule has 0 radical (unpaired) electrons. The molecule has 5 rings (SSSR count). The van der Waals surface area contributed by atoms with Crippen LogP contribution in [0.3, 0.4) is 0 Å². The van der Waals surface area contributed by atoms with E-state index < -0.39 is 20.2 Å². The van der Waals surface area contributed by atoms with Gasteiger partial charge in [-0.2, -0.15) is 0 Å². The summed E-state index contributed by atoms with van der Waals surface area (Å²) in [5.41, 5.74) is 9.36. The van der Waals surface area contributed by atoms with E-state index in [4.69, 9.17) is 20.0 Å². The van der Waals surface area contributed by atoms with Gasteiger partial charge < -0.3 is 24.9 Å². The van der Waals surface area contributed by atoms with E-state index in [0.717, 1.165) is 23.3 Å². The Balaban J connectivity index is 1.59. The highest BCUT2D eigenvalue weighted by Gasteiger charge is 2.27. The minimum absolute atomic E-state index is 0.0634. The first-order valence-electron chi connectivity index (χ1n) is 10.5. The zero-order valence-electron chi connectivity index (χ0n) is 18.2. The average Bonchev–Trinajstić information content (AvgIpc) is 3.27. The highest BCUT2D eigenvalue weighted by molar-refractivity contribution is 7.39. The van der Waals surface area contributed by atoms with E-state index in [2.05, 4.69) is 9.97 Å². The largest absolute Gasteiger partial charge is 0.368 e. The fourth-order valence-corrected chi connectivity index (χ4v) is 4.46. The van der Waals surface area contributed by atoms with Crippen LogP contribution in [0.5, 0.6) is 0 Å². The molecular weight excluding hydrogens is 477 g/mol. The van der Waals surface area contributed by atoms with Crippen molar-refractivity contribution in [1.82, 2.24) is 14.9 Å². The minimum Gasteiger partial charge on any atom is -0.368 e. The molecule has 35 heavy (non-hydrogen) atoms. The Labute approximate surface area is 199 Å². The number of nitrogens with two attached hydrogens (primary N) is 1. The number of benzene rings is 3. The van der Waals surface area contributed by atoms with Crippen molar-refractivity contribution >= 4 is 31.4 Å². The van der Waals surface area contributed by atoms with Crippen LogP contribution in [0, 0.1) is 11.6 Å². The van der Waals surface area contributed by atoms with Crippen molar-refractivity contribution in [2.45, 2.75) is 19.7 Å². The van der Waals surface area contributed by atoms with Gasteiger partial charge >= 0.3 is 8.60 Å². The van der Waals surface area contributed by atoms with Crippen LogP contribution in [-0.4, -0.2) is 30.6 Å². The molecule has 0 fully saturated rings. The van der Waals surface area contributed by atoms with Crippen LogP contribution in [0.1, 0.15) is 27.2 Å². The van der Waals surface area contributed by atoms with Gasteiger partial charge in [-0.1, -0.05) is 30.3 Å². The van der Waals surface area contributed by atoms with Crippen LogP contribution < -0.4 is 5.73 Å². The van der Waals surface area contributed by atoms with Gasteiger partial charge in [-0.3, -0.25) is 4.79 Å². The van der Waals surface area contributed by atoms with Gasteiger partial charge in [0.15, 0.2) is 11.6 Å². The van der Waals surface area contributed by atoms with Gasteiger partial charge in [0, 0.05) is 18.5 Å². The first-order valence-corrected chi connectivity index (χ1v) is 11.7. The Kier molecular flexibility index (Phi) is 6.12. The number of carbonyl (C=O) groups excluding carboxylic acids is 1. The second-order valence-electron chi connectivity index (χ2n) is 8.04. The van der Waals surface area contributed by atoms with Gasteiger partial charge in [-0.05, 0) is 52.1 Å². The first kappa shape index (κ1) is 23.2. The van der Waals surface area contributed by atoms with Crippen molar-refractivity contribution in [2.24, 2.45) is 0 Å². The van der Waals surface area contributed by atoms with Crippen LogP contribution in [0.25, 0.3) is 22.0 Å². The van der Waals surface area contributed by atoms with Crippen molar-refractivity contribution in [3.63, 3.8) is 0 Å². The highest BCUT2D eigenvalue weighted by atomic mass is 31.2. The Bertz CT molecular complexity index is 1440. The number of aromatic nitrogens is 2. The van der Waals surface area contributed by atoms with Crippen molar-refractivity contribution in [3.05, 3.63) is 88.6 Å². The standard InChI is InChI=1S/C24H19F2N4O4P/c25-19-8-16(12-34-35(32)33)17(9-20(19)26)13-5-6-21-18(7-13)22(29-24(27)28-21)23(31)30-10-14-3-1-2-4-15(14)11-30/h1-9,32-33H,10-12H2,(H2,27,28,29). The summed E-state index contributed by atoms with van der Waals surface area (Å²) in [5, 5.41) is 0.390. The second kappa shape index (κ2) is 9.24. The molecule has 1 aliphatic rings. The fourth-order valence-electron chi connectivity index (χ4n) is 4.21. The number of hydrogen-bond donors (Lipinski definition) is 3. The van der Waals surface area contributed by atoms with Crippen LogP contribution in [0.2, 0.25) is 0 Å². The van der Waals surface area contributed by atoms with E-state index in [1.54, 1.807) is 23.1 Å². The molecule has 1 aromatic heterocycles. The van der Waals surface area contributed by atoms with E-state index in [-0.39, 0.29) is 35.3 Å². The lowest BCUT2D eigenvalue weighted by atomic mass is 9.97. The SMILES string of the molecule is Nc1nc(C(=O)N2Cc3ccccc3C2)c2cc(-c3cc(F)c(F)cc3COP(O)O)ccc2n1. The summed E-state index contributed by atoms with van der Waals surface area (Å²) in [6, 6.07) is 14.5. The molecule has 3 aromatic carbocycles. The molecule has 4 N–H and O–H groups in total. The number of rotatable bonds is 5. The van der Waals surface area contributed by atoms with Crippen LogP contribution >= 0.6 is 8.60 Å². The fraction of sp³-hybridized carbons (Fsp3) is 0.125. The van der Waals surface area contributed by atoms with Crippen molar-refractivity contribution in [1.29, 1.82) is 0 Å². The van der Waals surface area contributed by atoms with E-state index in [1.165, 1.54) is 0 Å². The quantitative estimate of drug-likeness (QED) is 0.357. The average molecular weight is 496 g/mol. The van der Waals surface area contributed by atoms with Gasteiger partial charge in [-0.15, -0.1) is 0 Å². The lowest BCUT2D eigenvalue weighted by molar-refractivity contribution is 0.0747. The minimum atomic E-state index is -2.69. The maximum atomic E-state index is 14.1. The summed E-state index contributed by atoms with van der Waals surface area (Å²) in [6.07, 6.45) is 0. The number of anilines is 1. The maximum absolute atomic E-state index is 14.1. The molecule has 178 valence electrons. The zero-order valence-corrected chi connectivity index (χ0v) is 19.0. The molecule has 1 aliphatic heterocycles. The van der Waals surface area contributed by atoms with Gasteiger partial charge in [0.2, 0.25) is 5.95 Å². The summed E-state index contributed by atoms with van der Waals surface area (Å²) in [4.78, 5) is 41.7. The third-order valence-corrected chi connectivity index (χ3v) is 6.20. The maximum Gasteiger partial charge on any atom is 0.327 e. The number of carbonyl (C=O) groups is 1. The topological polar surface area (TPSA) is 122 Å². The smallest absolute Gasteiger partial charge is 0.327 e. The summed E-state index contributed by atoms with van der Waals surface area (Å²) >= 11 is 0. The van der Waals surface area contributed by atoms with Gasteiger partial charge in [0.05, 0.1) is 12.1 Å². The highest BCUT2D eigenvalue weighted by Crippen LogP contribution is 2.34. The first-order chi connectivity index (χ1) is 16.8. The second-order valence-corrected chi connectivity index (χ2v) is 8.81. The number of halogens is 2. The van der Waals surface area contributed by atoms with Gasteiger partial charge in [-0.25, -0.2) is 18.7 Å². The van der Waals surface area contributed by atoms with Crippen molar-refractivity contribution in [3.8, 4) is 11.1 Å². The molecule has 0 saturated heterocycles. The number of nitrogens with zero attached hydrogens (tertiary/aromatic N) is 3. The molecule has 0 aliphatic carbocycles. The monoisotopic (exact) mass is 496 g/mol. The summed E-state index contributed by atoms with van der Waals surface area (Å²) in [6.45, 7) is 0.492. The molecule has 0 spiro atoms. The predicted octanol–water partition coefficient (Wildman–Crippen LogP) is 4.04. The normalized spacial score (nSPS) is 13.0. The molecule has 11 heteroatoms.